The first-order chi connectivity index (χ1) is 12.8. The van der Waals surface area contributed by atoms with Crippen LogP contribution in [0.15, 0.2) is 53.1 Å². The van der Waals surface area contributed by atoms with E-state index in [1.165, 1.54) is 22.7 Å². The van der Waals surface area contributed by atoms with Crippen LogP contribution in [0.1, 0.15) is 48.2 Å². The van der Waals surface area contributed by atoms with Crippen molar-refractivity contribution in [2.75, 3.05) is 5.01 Å². The maximum Gasteiger partial charge on any atom is 0.337 e. The predicted molar refractivity (Wildman–Crippen MR) is 108 cm³/mol. The summed E-state index contributed by atoms with van der Waals surface area (Å²) in [7, 11) is 0. The fourth-order valence-corrected chi connectivity index (χ4v) is 3.01. The first-order valence-corrected chi connectivity index (χ1v) is 8.90. The number of nitrogens with zero attached hydrogens (tertiary/aromatic N) is 2. The van der Waals surface area contributed by atoms with Gasteiger partial charge in [-0.3, -0.25) is 4.79 Å². The van der Waals surface area contributed by atoms with Gasteiger partial charge in [-0.25, -0.2) is 4.79 Å². The van der Waals surface area contributed by atoms with E-state index >= 15 is 0 Å². The van der Waals surface area contributed by atoms with Crippen molar-refractivity contribution in [3.63, 3.8) is 0 Å². The zero-order valence-electron chi connectivity index (χ0n) is 15.2. The van der Waals surface area contributed by atoms with Crippen LogP contribution in [0.4, 0.5) is 5.69 Å². The molecule has 1 amide bonds. The topological polar surface area (TPSA) is 70.0 Å². The van der Waals surface area contributed by atoms with Crippen LogP contribution in [0.2, 0.25) is 5.02 Å². The van der Waals surface area contributed by atoms with Crippen LogP contribution in [0.25, 0.3) is 6.08 Å². The van der Waals surface area contributed by atoms with E-state index in [2.05, 4.69) is 18.9 Å². The van der Waals surface area contributed by atoms with Crippen molar-refractivity contribution in [1.29, 1.82) is 0 Å². The Kier molecular flexibility index (Phi) is 5.15. The summed E-state index contributed by atoms with van der Waals surface area (Å²) in [5.41, 5.74) is 3.46. The molecule has 0 bridgehead atoms. The molecule has 2 aromatic carbocycles. The number of rotatable bonds is 4. The molecule has 5 nitrogen and oxygen atoms in total. The number of aromatic carboxylic acids is 1. The number of halogens is 1. The van der Waals surface area contributed by atoms with Gasteiger partial charge in [0.15, 0.2) is 0 Å². The third-order valence-electron chi connectivity index (χ3n) is 4.40. The van der Waals surface area contributed by atoms with E-state index in [4.69, 9.17) is 11.6 Å². The molecule has 0 saturated carbocycles. The Hall–Kier alpha value is -2.92. The fraction of sp³-hybridized carbons (Fsp3) is 0.190. The second-order valence-corrected chi connectivity index (χ2v) is 7.06. The molecule has 1 aliphatic heterocycles. The Morgan fingerprint density at radius 2 is 1.85 bits per heavy atom. The minimum atomic E-state index is -1.16. The lowest BCUT2D eigenvalue weighted by atomic mass is 10.0. The van der Waals surface area contributed by atoms with Gasteiger partial charge in [0, 0.05) is 0 Å². The second-order valence-electron chi connectivity index (χ2n) is 6.65. The predicted octanol–water partition coefficient (Wildman–Crippen LogP) is 4.97. The van der Waals surface area contributed by atoms with Crippen LogP contribution in [0.5, 0.6) is 0 Å². The van der Waals surface area contributed by atoms with Gasteiger partial charge in [0.2, 0.25) is 0 Å². The molecule has 3 rings (SSSR count). The minimum absolute atomic E-state index is 0.0727. The summed E-state index contributed by atoms with van der Waals surface area (Å²) >= 11 is 5.90. The minimum Gasteiger partial charge on any atom is -0.478 e. The van der Waals surface area contributed by atoms with Crippen LogP contribution in [-0.4, -0.2) is 22.7 Å². The van der Waals surface area contributed by atoms with Gasteiger partial charge in [0.05, 0.1) is 27.6 Å². The van der Waals surface area contributed by atoms with E-state index < -0.39 is 5.97 Å². The molecule has 0 spiro atoms. The Bertz CT molecular complexity index is 975. The zero-order chi connectivity index (χ0) is 19.7. The molecular formula is C21H19ClN2O3. The molecule has 1 aliphatic rings. The second kappa shape index (κ2) is 7.37. The quantitative estimate of drug-likeness (QED) is 0.759. The molecule has 0 radical (unpaired) electrons. The molecule has 0 fully saturated rings. The van der Waals surface area contributed by atoms with Crippen molar-refractivity contribution < 1.29 is 14.7 Å². The van der Waals surface area contributed by atoms with Crippen LogP contribution in [0, 0.1) is 0 Å². The highest BCUT2D eigenvalue weighted by Crippen LogP contribution is 2.29. The highest BCUT2D eigenvalue weighted by atomic mass is 35.5. The average molecular weight is 383 g/mol. The van der Waals surface area contributed by atoms with Crippen LogP contribution in [0.3, 0.4) is 0 Å². The van der Waals surface area contributed by atoms with Crippen molar-refractivity contribution in [3.8, 4) is 0 Å². The summed E-state index contributed by atoms with van der Waals surface area (Å²) in [4.78, 5) is 24.1. The van der Waals surface area contributed by atoms with Gasteiger partial charge < -0.3 is 5.11 Å². The van der Waals surface area contributed by atoms with Crippen molar-refractivity contribution in [1.82, 2.24) is 0 Å². The van der Waals surface area contributed by atoms with Gasteiger partial charge in [0.25, 0.3) is 5.91 Å². The van der Waals surface area contributed by atoms with Crippen LogP contribution in [-0.2, 0) is 4.79 Å². The van der Waals surface area contributed by atoms with E-state index in [1.54, 1.807) is 19.1 Å². The number of hydrogen-bond donors (Lipinski definition) is 1. The molecule has 1 N–H and O–H groups in total. The molecule has 1 heterocycles. The van der Waals surface area contributed by atoms with E-state index in [0.717, 1.165) is 5.56 Å². The van der Waals surface area contributed by atoms with E-state index in [1.807, 2.05) is 24.3 Å². The number of carbonyl (C=O) groups excluding carboxylic acids is 1. The SMILES string of the molecule is CC1=NN(c2ccc(Cl)c(C(=O)O)c2)C(=O)/C1=C\c1ccc(C(C)C)cc1. The number of carboxylic acid groups (broad SMARTS) is 1. The number of anilines is 1. The lowest BCUT2D eigenvalue weighted by Crippen LogP contribution is -2.21. The lowest BCUT2D eigenvalue weighted by Gasteiger charge is -2.13. The summed E-state index contributed by atoms with van der Waals surface area (Å²) in [6.45, 7) is 6.00. The van der Waals surface area contributed by atoms with E-state index in [0.29, 0.717) is 22.9 Å². The Balaban J connectivity index is 1.92. The smallest absolute Gasteiger partial charge is 0.337 e. The summed E-state index contributed by atoms with van der Waals surface area (Å²) in [6, 6.07) is 12.4. The summed E-state index contributed by atoms with van der Waals surface area (Å²) < 4.78 is 0. The molecule has 27 heavy (non-hydrogen) atoms. The Labute approximate surface area is 162 Å². The number of benzene rings is 2. The number of amides is 1. The van der Waals surface area contributed by atoms with E-state index in [9.17, 15) is 14.7 Å². The highest BCUT2D eigenvalue weighted by molar-refractivity contribution is 6.34. The van der Waals surface area contributed by atoms with Crippen molar-refractivity contribution in [3.05, 3.63) is 69.8 Å². The van der Waals surface area contributed by atoms with Crippen LogP contribution < -0.4 is 5.01 Å². The van der Waals surface area contributed by atoms with E-state index in [-0.39, 0.29) is 16.5 Å². The molecule has 0 aromatic heterocycles. The molecule has 0 aliphatic carbocycles. The Morgan fingerprint density at radius 1 is 1.19 bits per heavy atom. The maximum atomic E-state index is 12.8. The molecule has 0 saturated heterocycles. The molecule has 2 aromatic rings. The largest absolute Gasteiger partial charge is 0.478 e. The first kappa shape index (κ1) is 18.9. The first-order valence-electron chi connectivity index (χ1n) is 8.52. The van der Waals surface area contributed by atoms with Gasteiger partial charge >= 0.3 is 5.97 Å². The molecule has 6 heteroatoms. The summed E-state index contributed by atoms with van der Waals surface area (Å²) in [6.07, 6.45) is 1.79. The summed E-state index contributed by atoms with van der Waals surface area (Å²) in [5, 5.41) is 14.8. The average Bonchev–Trinajstić information content (AvgIpc) is 2.90. The van der Waals surface area contributed by atoms with Crippen molar-refractivity contribution >= 4 is 41.0 Å². The van der Waals surface area contributed by atoms with Crippen LogP contribution >= 0.6 is 11.6 Å². The normalized spacial score (nSPS) is 15.6. The molecular weight excluding hydrogens is 364 g/mol. The van der Waals surface area contributed by atoms with Gasteiger partial charge in [-0.1, -0.05) is 49.7 Å². The van der Waals surface area contributed by atoms with Gasteiger partial charge in [-0.15, -0.1) is 0 Å². The van der Waals surface area contributed by atoms with Gasteiger partial charge in [-0.05, 0) is 48.2 Å². The summed E-state index contributed by atoms with van der Waals surface area (Å²) in [5.74, 6) is -1.03. The third kappa shape index (κ3) is 3.78. The number of carboxylic acids is 1. The number of carbonyl (C=O) groups is 2. The Morgan fingerprint density at radius 3 is 2.44 bits per heavy atom. The number of hydrazone groups is 1. The van der Waals surface area contributed by atoms with Gasteiger partial charge in [0.1, 0.15) is 0 Å². The van der Waals surface area contributed by atoms with Crippen molar-refractivity contribution in [2.24, 2.45) is 5.10 Å². The standard InChI is InChI=1S/C21H19ClN2O3/c1-12(2)15-6-4-14(5-7-15)10-17-13(3)23-24(20(17)25)16-8-9-19(22)18(11-16)21(26)27/h4-12H,1-3H3,(H,26,27)/b17-10-. The zero-order valence-corrected chi connectivity index (χ0v) is 16.0. The van der Waals surface area contributed by atoms with Crippen molar-refractivity contribution in [2.45, 2.75) is 26.7 Å². The number of hydrogen-bond acceptors (Lipinski definition) is 3. The van der Waals surface area contributed by atoms with Gasteiger partial charge in [-0.2, -0.15) is 10.1 Å². The maximum absolute atomic E-state index is 12.8. The third-order valence-corrected chi connectivity index (χ3v) is 4.73. The highest BCUT2D eigenvalue weighted by Gasteiger charge is 2.29. The molecule has 0 atom stereocenters. The molecule has 138 valence electrons. The lowest BCUT2D eigenvalue weighted by molar-refractivity contribution is -0.114. The molecule has 0 unspecified atom stereocenters. The monoisotopic (exact) mass is 382 g/mol. The fourth-order valence-electron chi connectivity index (χ4n) is 2.81.